The Bertz CT molecular complexity index is 624. The van der Waals surface area contributed by atoms with Gasteiger partial charge in [-0.1, -0.05) is 0 Å². The SMILES string of the molecule is Cc1ccc([C@](C)(O)CN[C@@H](Cc2ccncc2)C(F)(F)F)o1. The fourth-order valence-corrected chi connectivity index (χ4v) is 2.19. The number of hydrogen-bond donors (Lipinski definition) is 2. The summed E-state index contributed by atoms with van der Waals surface area (Å²) in [5.41, 5.74) is -1.01. The zero-order valence-electron chi connectivity index (χ0n) is 12.9. The third-order valence-electron chi connectivity index (χ3n) is 3.55. The van der Waals surface area contributed by atoms with Crippen LogP contribution in [0.1, 0.15) is 24.0 Å². The van der Waals surface area contributed by atoms with Crippen molar-refractivity contribution < 1.29 is 22.7 Å². The van der Waals surface area contributed by atoms with E-state index in [4.69, 9.17) is 4.42 Å². The van der Waals surface area contributed by atoms with Crippen molar-refractivity contribution in [3.63, 3.8) is 0 Å². The predicted molar refractivity (Wildman–Crippen MR) is 78.8 cm³/mol. The van der Waals surface area contributed by atoms with E-state index in [-0.39, 0.29) is 18.7 Å². The highest BCUT2D eigenvalue weighted by molar-refractivity contribution is 5.14. The normalized spacial score (nSPS) is 16.1. The molecule has 2 atom stereocenters. The molecule has 2 aromatic heterocycles. The summed E-state index contributed by atoms with van der Waals surface area (Å²) < 4.78 is 44.9. The number of halogens is 3. The van der Waals surface area contributed by atoms with Crippen molar-refractivity contribution in [1.82, 2.24) is 10.3 Å². The summed E-state index contributed by atoms with van der Waals surface area (Å²) in [4.78, 5) is 3.79. The second-order valence-electron chi connectivity index (χ2n) is 5.72. The molecular formula is C16H19F3N2O2. The number of aryl methyl sites for hydroxylation is 1. The number of furan rings is 1. The monoisotopic (exact) mass is 328 g/mol. The average molecular weight is 328 g/mol. The first-order chi connectivity index (χ1) is 10.7. The predicted octanol–water partition coefficient (Wildman–Crippen LogP) is 2.95. The van der Waals surface area contributed by atoms with Gasteiger partial charge in [-0.05, 0) is 50.1 Å². The van der Waals surface area contributed by atoms with Crippen LogP contribution in [0.15, 0.2) is 41.1 Å². The first kappa shape index (κ1) is 17.5. The van der Waals surface area contributed by atoms with Gasteiger partial charge in [0.1, 0.15) is 23.2 Å². The van der Waals surface area contributed by atoms with Crippen LogP contribution < -0.4 is 5.32 Å². The zero-order valence-corrected chi connectivity index (χ0v) is 12.9. The summed E-state index contributed by atoms with van der Waals surface area (Å²) in [5.74, 6) is 0.816. The van der Waals surface area contributed by atoms with Gasteiger partial charge in [-0.15, -0.1) is 0 Å². The Morgan fingerprint density at radius 3 is 2.39 bits per heavy atom. The highest BCUT2D eigenvalue weighted by Gasteiger charge is 2.41. The number of pyridine rings is 1. The van der Waals surface area contributed by atoms with E-state index in [9.17, 15) is 18.3 Å². The van der Waals surface area contributed by atoms with Crippen LogP contribution in [0.4, 0.5) is 13.2 Å². The molecule has 0 spiro atoms. The number of rotatable bonds is 6. The van der Waals surface area contributed by atoms with E-state index in [2.05, 4.69) is 10.3 Å². The number of nitrogens with one attached hydrogen (secondary N) is 1. The van der Waals surface area contributed by atoms with Gasteiger partial charge in [-0.2, -0.15) is 13.2 Å². The van der Waals surface area contributed by atoms with E-state index in [1.807, 2.05) is 0 Å². The van der Waals surface area contributed by atoms with E-state index in [1.165, 1.54) is 31.5 Å². The Balaban J connectivity index is 2.06. The van der Waals surface area contributed by atoms with Crippen LogP contribution >= 0.6 is 0 Å². The molecule has 2 aromatic rings. The van der Waals surface area contributed by atoms with Gasteiger partial charge in [0.25, 0.3) is 0 Å². The number of hydrogen-bond acceptors (Lipinski definition) is 4. The number of alkyl halides is 3. The van der Waals surface area contributed by atoms with Crippen molar-refractivity contribution in [2.45, 2.75) is 38.1 Å². The second kappa shape index (κ2) is 6.72. The molecule has 0 aliphatic rings. The van der Waals surface area contributed by atoms with E-state index < -0.39 is 17.8 Å². The quantitative estimate of drug-likeness (QED) is 0.856. The Morgan fingerprint density at radius 1 is 1.22 bits per heavy atom. The van der Waals surface area contributed by atoms with Crippen LogP contribution in [0.2, 0.25) is 0 Å². The van der Waals surface area contributed by atoms with Gasteiger partial charge in [-0.25, -0.2) is 0 Å². The van der Waals surface area contributed by atoms with E-state index in [0.717, 1.165) is 0 Å². The summed E-state index contributed by atoms with van der Waals surface area (Å²) in [6, 6.07) is 4.51. The Morgan fingerprint density at radius 2 is 1.87 bits per heavy atom. The Labute approximate surface area is 132 Å². The number of nitrogens with zero attached hydrogens (tertiary/aromatic N) is 1. The second-order valence-corrected chi connectivity index (χ2v) is 5.72. The summed E-state index contributed by atoms with van der Waals surface area (Å²) >= 11 is 0. The topological polar surface area (TPSA) is 58.3 Å². The lowest BCUT2D eigenvalue weighted by molar-refractivity contribution is -0.158. The maximum Gasteiger partial charge on any atom is 0.404 e. The van der Waals surface area contributed by atoms with Crippen molar-refractivity contribution in [3.8, 4) is 0 Å². The van der Waals surface area contributed by atoms with E-state index >= 15 is 0 Å². The molecular weight excluding hydrogens is 309 g/mol. The van der Waals surface area contributed by atoms with Crippen LogP contribution in [0.5, 0.6) is 0 Å². The third kappa shape index (κ3) is 4.80. The summed E-state index contributed by atoms with van der Waals surface area (Å²) in [7, 11) is 0. The van der Waals surface area contributed by atoms with Crippen LogP contribution in [-0.2, 0) is 12.0 Å². The standard InChI is InChI=1S/C16H19F3N2O2/c1-11-3-4-14(23-11)15(2,22)10-21-13(16(17,18)19)9-12-5-7-20-8-6-12/h3-8,13,21-22H,9-10H2,1-2H3/t13-,15+/m0/s1. The largest absolute Gasteiger partial charge is 0.463 e. The first-order valence-electron chi connectivity index (χ1n) is 7.17. The molecule has 0 unspecified atom stereocenters. The molecule has 4 nitrogen and oxygen atoms in total. The number of aliphatic hydroxyl groups is 1. The highest BCUT2D eigenvalue weighted by atomic mass is 19.4. The molecule has 0 aliphatic carbocycles. The van der Waals surface area contributed by atoms with E-state index in [0.29, 0.717) is 11.3 Å². The first-order valence-corrected chi connectivity index (χ1v) is 7.17. The van der Waals surface area contributed by atoms with Crippen molar-refractivity contribution in [2.75, 3.05) is 6.54 Å². The molecule has 2 rings (SSSR count). The molecule has 126 valence electrons. The van der Waals surface area contributed by atoms with Gasteiger partial charge < -0.3 is 14.8 Å². The molecule has 2 N–H and O–H groups in total. The van der Waals surface area contributed by atoms with Crippen LogP contribution in [0.25, 0.3) is 0 Å². The summed E-state index contributed by atoms with van der Waals surface area (Å²) in [6.07, 6.45) is -1.77. The highest BCUT2D eigenvalue weighted by Crippen LogP contribution is 2.26. The van der Waals surface area contributed by atoms with E-state index in [1.54, 1.807) is 19.1 Å². The van der Waals surface area contributed by atoms with Crippen molar-refractivity contribution in [1.29, 1.82) is 0 Å². The molecule has 0 bridgehead atoms. The molecule has 0 saturated heterocycles. The zero-order chi connectivity index (χ0) is 17.1. The summed E-state index contributed by atoms with van der Waals surface area (Å²) in [6.45, 7) is 2.84. The molecule has 0 aromatic carbocycles. The van der Waals surface area contributed by atoms with Gasteiger partial charge >= 0.3 is 6.18 Å². The maximum absolute atomic E-state index is 13.2. The van der Waals surface area contributed by atoms with Gasteiger partial charge in [-0.3, -0.25) is 4.98 Å². The molecule has 7 heteroatoms. The molecule has 0 saturated carbocycles. The van der Waals surface area contributed by atoms with Gasteiger partial charge in [0.2, 0.25) is 0 Å². The lowest BCUT2D eigenvalue weighted by Gasteiger charge is -2.27. The third-order valence-corrected chi connectivity index (χ3v) is 3.55. The van der Waals surface area contributed by atoms with Crippen LogP contribution in [0.3, 0.4) is 0 Å². The van der Waals surface area contributed by atoms with Gasteiger partial charge in [0.05, 0.1) is 0 Å². The van der Waals surface area contributed by atoms with Gasteiger partial charge in [0, 0.05) is 18.9 Å². The molecule has 23 heavy (non-hydrogen) atoms. The van der Waals surface area contributed by atoms with Crippen molar-refractivity contribution in [3.05, 3.63) is 53.7 Å². The van der Waals surface area contributed by atoms with Crippen molar-refractivity contribution >= 4 is 0 Å². The Kier molecular flexibility index (Phi) is 5.11. The minimum absolute atomic E-state index is 0.229. The molecule has 2 heterocycles. The molecule has 0 fully saturated rings. The molecule has 0 amide bonds. The summed E-state index contributed by atoms with van der Waals surface area (Å²) in [5, 5.41) is 12.7. The van der Waals surface area contributed by atoms with Crippen LogP contribution in [0, 0.1) is 6.92 Å². The fourth-order valence-electron chi connectivity index (χ4n) is 2.19. The minimum Gasteiger partial charge on any atom is -0.463 e. The number of aromatic nitrogens is 1. The average Bonchev–Trinajstić information content (AvgIpc) is 2.91. The Hall–Kier alpha value is -1.86. The maximum atomic E-state index is 13.2. The van der Waals surface area contributed by atoms with Gasteiger partial charge in [0.15, 0.2) is 0 Å². The molecule has 0 aliphatic heterocycles. The van der Waals surface area contributed by atoms with Crippen LogP contribution in [-0.4, -0.2) is 28.9 Å². The molecule has 0 radical (unpaired) electrons. The van der Waals surface area contributed by atoms with Crippen molar-refractivity contribution in [2.24, 2.45) is 0 Å². The lowest BCUT2D eigenvalue weighted by Crippen LogP contribution is -2.48. The smallest absolute Gasteiger partial charge is 0.404 e. The fraction of sp³-hybridized carbons (Fsp3) is 0.438. The minimum atomic E-state index is -4.43. The lowest BCUT2D eigenvalue weighted by atomic mass is 10.0.